The minimum absolute atomic E-state index is 0.0233. The number of carbonyl (C=O) groups excluding carboxylic acids is 2. The van der Waals surface area contributed by atoms with Gasteiger partial charge in [0.2, 0.25) is 11.8 Å². The molecule has 1 saturated heterocycles. The quantitative estimate of drug-likeness (QED) is 0.840. The van der Waals surface area contributed by atoms with Crippen LogP contribution in [0.4, 0.5) is 0 Å². The van der Waals surface area contributed by atoms with Crippen LogP contribution in [0.3, 0.4) is 0 Å². The number of ether oxygens (including phenoxy) is 1. The number of benzene rings is 1. The number of aliphatic hydroxyl groups is 1. The summed E-state index contributed by atoms with van der Waals surface area (Å²) in [5.41, 5.74) is 2.18. The van der Waals surface area contributed by atoms with Gasteiger partial charge in [0.05, 0.1) is 18.4 Å². The molecule has 1 heterocycles. The van der Waals surface area contributed by atoms with E-state index >= 15 is 0 Å². The van der Waals surface area contributed by atoms with Gasteiger partial charge >= 0.3 is 0 Å². The summed E-state index contributed by atoms with van der Waals surface area (Å²) in [5.74, 6) is 0.127. The molecule has 1 saturated carbocycles. The van der Waals surface area contributed by atoms with Crippen LogP contribution in [0.5, 0.6) is 5.75 Å². The summed E-state index contributed by atoms with van der Waals surface area (Å²) in [4.78, 5) is 26.1. The minimum atomic E-state index is -0.876. The summed E-state index contributed by atoms with van der Waals surface area (Å²) >= 11 is 0. The Morgan fingerprint density at radius 2 is 1.62 bits per heavy atom. The number of imide groups is 1. The van der Waals surface area contributed by atoms with Crippen molar-refractivity contribution in [2.75, 3.05) is 13.2 Å². The van der Waals surface area contributed by atoms with E-state index in [1.807, 2.05) is 32.0 Å². The lowest BCUT2D eigenvalue weighted by atomic mass is 9.81. The fourth-order valence-corrected chi connectivity index (χ4v) is 3.88. The Kier molecular flexibility index (Phi) is 4.90. The molecule has 3 atom stereocenters. The van der Waals surface area contributed by atoms with Crippen molar-refractivity contribution in [2.45, 2.75) is 45.6 Å². The van der Waals surface area contributed by atoms with Crippen LogP contribution < -0.4 is 4.74 Å². The number of nitrogens with zero attached hydrogens (tertiary/aromatic N) is 1. The third-order valence-corrected chi connectivity index (χ3v) is 4.96. The Morgan fingerprint density at radius 3 is 2.17 bits per heavy atom. The molecule has 24 heavy (non-hydrogen) atoms. The number of aliphatic hydroxyl groups excluding tert-OH is 1. The molecule has 2 aliphatic rings. The predicted molar refractivity (Wildman–Crippen MR) is 89.6 cm³/mol. The molecule has 0 radical (unpaired) electrons. The lowest BCUT2D eigenvalue weighted by molar-refractivity contribution is -0.141. The zero-order valence-electron chi connectivity index (χ0n) is 14.3. The highest BCUT2D eigenvalue weighted by atomic mass is 16.5. The van der Waals surface area contributed by atoms with Gasteiger partial charge in [-0.25, -0.2) is 0 Å². The number of likely N-dealkylation sites (tertiary alicyclic amines) is 1. The molecule has 2 fully saturated rings. The van der Waals surface area contributed by atoms with Gasteiger partial charge in [0.1, 0.15) is 18.5 Å². The molecule has 1 aromatic rings. The Bertz CT molecular complexity index is 598. The first kappa shape index (κ1) is 17.0. The molecule has 0 unspecified atom stereocenters. The lowest BCUT2D eigenvalue weighted by Gasteiger charge is -2.19. The Morgan fingerprint density at radius 1 is 1.08 bits per heavy atom. The molecule has 1 aliphatic heterocycles. The van der Waals surface area contributed by atoms with E-state index in [-0.39, 0.29) is 36.8 Å². The lowest BCUT2D eigenvalue weighted by Crippen LogP contribution is -2.40. The first-order valence-corrected chi connectivity index (χ1v) is 8.70. The van der Waals surface area contributed by atoms with Crippen LogP contribution in [0.15, 0.2) is 18.2 Å². The molecule has 5 heteroatoms. The monoisotopic (exact) mass is 331 g/mol. The predicted octanol–water partition coefficient (Wildman–Crippen LogP) is 2.22. The van der Waals surface area contributed by atoms with E-state index < -0.39 is 6.10 Å². The third-order valence-electron chi connectivity index (χ3n) is 4.96. The largest absolute Gasteiger partial charge is 0.491 e. The average molecular weight is 331 g/mol. The summed E-state index contributed by atoms with van der Waals surface area (Å²) in [5, 5.41) is 10.2. The summed E-state index contributed by atoms with van der Waals surface area (Å²) in [6, 6.07) is 5.85. The molecule has 5 nitrogen and oxygen atoms in total. The van der Waals surface area contributed by atoms with Gasteiger partial charge in [0.25, 0.3) is 0 Å². The van der Waals surface area contributed by atoms with Gasteiger partial charge in [-0.3, -0.25) is 14.5 Å². The second-order valence-corrected chi connectivity index (χ2v) is 7.07. The van der Waals surface area contributed by atoms with Gasteiger partial charge in [0.15, 0.2) is 0 Å². The summed E-state index contributed by atoms with van der Waals surface area (Å²) < 4.78 is 5.63. The van der Waals surface area contributed by atoms with Crippen LogP contribution >= 0.6 is 0 Å². The Labute approximate surface area is 142 Å². The highest BCUT2D eigenvalue weighted by Gasteiger charge is 2.48. The molecule has 3 rings (SSSR count). The van der Waals surface area contributed by atoms with E-state index in [1.165, 1.54) is 4.90 Å². The van der Waals surface area contributed by atoms with Crippen molar-refractivity contribution in [3.8, 4) is 5.75 Å². The summed E-state index contributed by atoms with van der Waals surface area (Å²) in [6.45, 7) is 4.06. The van der Waals surface area contributed by atoms with Gasteiger partial charge in [0, 0.05) is 0 Å². The van der Waals surface area contributed by atoms with Gasteiger partial charge in [-0.05, 0) is 49.9 Å². The SMILES string of the molecule is Cc1cc(C)cc(OC[C@H](O)CN2C(=O)[C@H]3CCCC[C@@H]3C2=O)c1. The van der Waals surface area contributed by atoms with Crippen LogP contribution in [0.25, 0.3) is 0 Å². The van der Waals surface area contributed by atoms with E-state index in [2.05, 4.69) is 0 Å². The molecular weight excluding hydrogens is 306 g/mol. The van der Waals surface area contributed by atoms with Crippen LogP contribution in [-0.2, 0) is 9.59 Å². The van der Waals surface area contributed by atoms with E-state index in [1.54, 1.807) is 0 Å². The molecule has 1 aliphatic carbocycles. The maximum atomic E-state index is 12.4. The maximum Gasteiger partial charge on any atom is 0.233 e. The van der Waals surface area contributed by atoms with Crippen molar-refractivity contribution in [1.29, 1.82) is 0 Å². The molecule has 0 spiro atoms. The number of aryl methyl sites for hydroxylation is 2. The van der Waals surface area contributed by atoms with Crippen molar-refractivity contribution in [3.05, 3.63) is 29.3 Å². The van der Waals surface area contributed by atoms with Crippen molar-refractivity contribution in [2.24, 2.45) is 11.8 Å². The number of β-amino-alcohol motifs (C(OH)–C–C–N with tert-alkyl or cyclic N) is 1. The fraction of sp³-hybridized carbons (Fsp3) is 0.579. The van der Waals surface area contributed by atoms with E-state index in [9.17, 15) is 14.7 Å². The minimum Gasteiger partial charge on any atom is -0.491 e. The second kappa shape index (κ2) is 6.93. The normalized spacial score (nSPS) is 24.9. The molecule has 130 valence electrons. The average Bonchev–Trinajstić information content (AvgIpc) is 2.78. The molecule has 2 amide bonds. The molecule has 0 aromatic heterocycles. The van der Waals surface area contributed by atoms with Gasteiger partial charge < -0.3 is 9.84 Å². The third kappa shape index (κ3) is 3.46. The smallest absolute Gasteiger partial charge is 0.233 e. The highest BCUT2D eigenvalue weighted by molar-refractivity contribution is 6.05. The topological polar surface area (TPSA) is 66.8 Å². The number of amides is 2. The van der Waals surface area contributed by atoms with E-state index in [4.69, 9.17) is 4.74 Å². The van der Waals surface area contributed by atoms with Gasteiger partial charge in [-0.15, -0.1) is 0 Å². The first-order chi connectivity index (χ1) is 11.5. The number of fused-ring (bicyclic) bond motifs is 1. The van der Waals surface area contributed by atoms with Crippen molar-refractivity contribution in [3.63, 3.8) is 0 Å². The number of hydrogen-bond donors (Lipinski definition) is 1. The molecule has 1 N–H and O–H groups in total. The van der Waals surface area contributed by atoms with Crippen LogP contribution in [0, 0.1) is 25.7 Å². The summed E-state index contributed by atoms with van der Waals surface area (Å²) in [7, 11) is 0. The van der Waals surface area contributed by atoms with Crippen LogP contribution in [0.2, 0.25) is 0 Å². The number of rotatable bonds is 5. The number of carbonyl (C=O) groups is 2. The van der Waals surface area contributed by atoms with Crippen LogP contribution in [-0.4, -0.2) is 41.1 Å². The maximum absolute atomic E-state index is 12.4. The molecule has 1 aromatic carbocycles. The van der Waals surface area contributed by atoms with Gasteiger partial charge in [-0.1, -0.05) is 18.9 Å². The summed E-state index contributed by atoms with van der Waals surface area (Å²) in [6.07, 6.45) is 2.72. The van der Waals surface area contributed by atoms with E-state index in [0.29, 0.717) is 5.75 Å². The molecular formula is C19H25NO4. The van der Waals surface area contributed by atoms with Crippen molar-refractivity contribution < 1.29 is 19.4 Å². The fourth-order valence-electron chi connectivity index (χ4n) is 3.88. The first-order valence-electron chi connectivity index (χ1n) is 8.70. The van der Waals surface area contributed by atoms with E-state index in [0.717, 1.165) is 36.8 Å². The Balaban J connectivity index is 1.57. The van der Waals surface area contributed by atoms with Crippen molar-refractivity contribution in [1.82, 2.24) is 4.90 Å². The zero-order chi connectivity index (χ0) is 17.3. The Hall–Kier alpha value is -1.88. The van der Waals surface area contributed by atoms with Gasteiger partial charge in [-0.2, -0.15) is 0 Å². The van der Waals surface area contributed by atoms with Crippen LogP contribution in [0.1, 0.15) is 36.8 Å². The standard InChI is InChI=1S/C19H25NO4/c1-12-7-13(2)9-15(8-12)24-11-14(21)10-20-18(22)16-5-3-4-6-17(16)19(20)23/h7-9,14,16-17,21H,3-6,10-11H2,1-2H3/t14-,16+,17+/m1/s1. The molecule has 0 bridgehead atoms. The van der Waals surface area contributed by atoms with Crippen molar-refractivity contribution >= 4 is 11.8 Å². The second-order valence-electron chi connectivity index (χ2n) is 7.07. The zero-order valence-corrected chi connectivity index (χ0v) is 14.3. The highest BCUT2D eigenvalue weighted by Crippen LogP contribution is 2.38. The number of hydrogen-bond acceptors (Lipinski definition) is 4.